The van der Waals surface area contributed by atoms with Gasteiger partial charge in [0.25, 0.3) is 0 Å². The maximum absolute atomic E-state index is 12.4. The molecule has 5 heteroatoms. The van der Waals surface area contributed by atoms with E-state index in [-0.39, 0.29) is 11.4 Å². The minimum Gasteiger partial charge on any atom is -0.207 e. The van der Waals surface area contributed by atoms with Crippen molar-refractivity contribution in [1.29, 1.82) is 0 Å². The van der Waals surface area contributed by atoms with Crippen molar-refractivity contribution in [3.05, 3.63) is 72.3 Å². The van der Waals surface area contributed by atoms with E-state index in [2.05, 4.69) is 4.72 Å². The number of hydrogen-bond donors (Lipinski definition) is 1. The summed E-state index contributed by atoms with van der Waals surface area (Å²) in [5, 5.41) is 2.17. The fourth-order valence-corrected chi connectivity index (χ4v) is 3.87. The molecular formula is C18H17NO2S2. The van der Waals surface area contributed by atoms with Gasteiger partial charge < -0.3 is 0 Å². The van der Waals surface area contributed by atoms with Gasteiger partial charge in [0.2, 0.25) is 10.0 Å². The molecule has 0 aliphatic heterocycles. The van der Waals surface area contributed by atoms with E-state index in [1.165, 1.54) is 0 Å². The highest BCUT2D eigenvalue weighted by atomic mass is 32.2. The predicted octanol–water partition coefficient (Wildman–Crippen LogP) is 4.04. The summed E-state index contributed by atoms with van der Waals surface area (Å²) in [5.74, 6) is 0. The van der Waals surface area contributed by atoms with E-state index in [0.717, 1.165) is 21.2 Å². The van der Waals surface area contributed by atoms with Crippen LogP contribution in [0.4, 0.5) is 0 Å². The quantitative estimate of drug-likeness (QED) is 0.711. The zero-order valence-corrected chi connectivity index (χ0v) is 14.3. The summed E-state index contributed by atoms with van der Waals surface area (Å²) in [5.41, 5.74) is 0.965. The van der Waals surface area contributed by atoms with Gasteiger partial charge in [-0.25, -0.2) is 13.1 Å². The van der Waals surface area contributed by atoms with Gasteiger partial charge >= 0.3 is 0 Å². The van der Waals surface area contributed by atoms with E-state index in [1.54, 1.807) is 23.9 Å². The van der Waals surface area contributed by atoms with Gasteiger partial charge in [-0.05, 0) is 46.9 Å². The zero-order chi connectivity index (χ0) is 16.3. The van der Waals surface area contributed by atoms with Crippen LogP contribution in [-0.2, 0) is 16.6 Å². The molecule has 3 rings (SSSR count). The molecule has 1 N–H and O–H groups in total. The number of rotatable bonds is 5. The van der Waals surface area contributed by atoms with Crippen LogP contribution in [0.1, 0.15) is 5.56 Å². The van der Waals surface area contributed by atoms with Crippen molar-refractivity contribution < 1.29 is 8.42 Å². The van der Waals surface area contributed by atoms with E-state index in [9.17, 15) is 8.42 Å². The van der Waals surface area contributed by atoms with Crippen molar-refractivity contribution in [3.63, 3.8) is 0 Å². The number of nitrogens with one attached hydrogen (secondary N) is 1. The van der Waals surface area contributed by atoms with Crippen LogP contribution < -0.4 is 4.72 Å². The first-order valence-corrected chi connectivity index (χ1v) is 9.91. The van der Waals surface area contributed by atoms with Crippen LogP contribution in [0.2, 0.25) is 0 Å². The normalized spacial score (nSPS) is 11.7. The summed E-state index contributed by atoms with van der Waals surface area (Å²) in [7, 11) is -3.51. The Balaban J connectivity index is 1.83. The lowest BCUT2D eigenvalue weighted by Crippen LogP contribution is -2.23. The first kappa shape index (κ1) is 16.1. The third-order valence-electron chi connectivity index (χ3n) is 3.70. The molecule has 0 saturated carbocycles. The van der Waals surface area contributed by atoms with Gasteiger partial charge in [0, 0.05) is 11.4 Å². The average molecular weight is 343 g/mol. The van der Waals surface area contributed by atoms with E-state index < -0.39 is 10.0 Å². The molecule has 0 aromatic heterocycles. The van der Waals surface area contributed by atoms with Gasteiger partial charge in [-0.2, -0.15) is 0 Å². The van der Waals surface area contributed by atoms with E-state index in [1.807, 2.05) is 60.9 Å². The minimum absolute atomic E-state index is 0.272. The Hall–Kier alpha value is -1.82. The largest absolute Gasteiger partial charge is 0.240 e. The van der Waals surface area contributed by atoms with Gasteiger partial charge in [0.15, 0.2) is 0 Å². The molecule has 118 valence electrons. The molecule has 0 unspecified atom stereocenters. The van der Waals surface area contributed by atoms with Crippen LogP contribution in [0.5, 0.6) is 0 Å². The standard InChI is InChI=1S/C18H17NO2S2/c1-22-16-9-11-17(12-10-16)23(20,21)19-13-15-7-4-6-14-5-2-3-8-18(14)15/h2-12,19H,13H2,1H3. The number of fused-ring (bicyclic) bond motifs is 1. The maximum atomic E-state index is 12.4. The average Bonchev–Trinajstić information content (AvgIpc) is 2.60. The van der Waals surface area contributed by atoms with Crippen molar-refractivity contribution in [2.75, 3.05) is 6.26 Å². The number of sulfonamides is 1. The van der Waals surface area contributed by atoms with Crippen LogP contribution in [0.25, 0.3) is 10.8 Å². The third-order valence-corrected chi connectivity index (χ3v) is 5.86. The van der Waals surface area contributed by atoms with Crippen LogP contribution in [0, 0.1) is 0 Å². The molecule has 0 fully saturated rings. The Labute approximate surface area is 140 Å². The topological polar surface area (TPSA) is 46.2 Å². The Morgan fingerprint density at radius 1 is 0.913 bits per heavy atom. The van der Waals surface area contributed by atoms with Crippen molar-refractivity contribution in [1.82, 2.24) is 4.72 Å². The first-order chi connectivity index (χ1) is 11.1. The van der Waals surface area contributed by atoms with Gasteiger partial charge in [0.1, 0.15) is 0 Å². The molecule has 0 spiro atoms. The smallest absolute Gasteiger partial charge is 0.207 e. The van der Waals surface area contributed by atoms with E-state index in [0.29, 0.717) is 0 Å². The molecule has 3 nitrogen and oxygen atoms in total. The molecule has 0 aliphatic rings. The second-order valence-corrected chi connectivity index (χ2v) is 7.78. The van der Waals surface area contributed by atoms with Crippen molar-refractivity contribution in [2.24, 2.45) is 0 Å². The van der Waals surface area contributed by atoms with Crippen molar-refractivity contribution >= 4 is 32.6 Å². The Kier molecular flexibility index (Phi) is 4.71. The van der Waals surface area contributed by atoms with Crippen LogP contribution in [0.3, 0.4) is 0 Å². The molecular weight excluding hydrogens is 326 g/mol. The molecule has 0 bridgehead atoms. The monoisotopic (exact) mass is 343 g/mol. The molecule has 3 aromatic carbocycles. The molecule has 3 aromatic rings. The van der Waals surface area contributed by atoms with Gasteiger partial charge in [-0.15, -0.1) is 11.8 Å². The van der Waals surface area contributed by atoms with Crippen molar-refractivity contribution in [3.8, 4) is 0 Å². The molecule has 0 amide bonds. The molecule has 0 radical (unpaired) electrons. The predicted molar refractivity (Wildman–Crippen MR) is 96.2 cm³/mol. The Morgan fingerprint density at radius 2 is 1.61 bits per heavy atom. The van der Waals surface area contributed by atoms with Gasteiger partial charge in [-0.1, -0.05) is 42.5 Å². The fraction of sp³-hybridized carbons (Fsp3) is 0.111. The van der Waals surface area contributed by atoms with Gasteiger partial charge in [0.05, 0.1) is 4.90 Å². The molecule has 23 heavy (non-hydrogen) atoms. The highest BCUT2D eigenvalue weighted by Crippen LogP contribution is 2.20. The lowest BCUT2D eigenvalue weighted by molar-refractivity contribution is 0.581. The van der Waals surface area contributed by atoms with Crippen LogP contribution in [0.15, 0.2) is 76.5 Å². The van der Waals surface area contributed by atoms with Crippen LogP contribution >= 0.6 is 11.8 Å². The highest BCUT2D eigenvalue weighted by molar-refractivity contribution is 7.98. The summed E-state index contributed by atoms with van der Waals surface area (Å²) in [6.07, 6.45) is 1.96. The summed E-state index contributed by atoms with van der Waals surface area (Å²) in [4.78, 5) is 1.33. The van der Waals surface area contributed by atoms with E-state index >= 15 is 0 Å². The minimum atomic E-state index is -3.51. The number of benzene rings is 3. The second kappa shape index (κ2) is 6.74. The Morgan fingerprint density at radius 3 is 2.35 bits per heavy atom. The molecule has 0 saturated heterocycles. The fourth-order valence-electron chi connectivity index (χ4n) is 2.46. The Bertz CT molecular complexity index is 914. The summed E-state index contributed by atoms with van der Waals surface area (Å²) in [6, 6.07) is 20.8. The highest BCUT2D eigenvalue weighted by Gasteiger charge is 2.14. The number of thioether (sulfide) groups is 1. The third kappa shape index (κ3) is 3.58. The second-order valence-electron chi connectivity index (χ2n) is 5.14. The van der Waals surface area contributed by atoms with Crippen molar-refractivity contribution in [2.45, 2.75) is 16.3 Å². The van der Waals surface area contributed by atoms with Crippen LogP contribution in [-0.4, -0.2) is 14.7 Å². The SMILES string of the molecule is CSc1ccc(S(=O)(=O)NCc2cccc3ccccc23)cc1. The summed E-state index contributed by atoms with van der Waals surface area (Å²) in [6.45, 7) is 0.272. The van der Waals surface area contributed by atoms with E-state index in [4.69, 9.17) is 0 Å². The molecule has 0 aliphatic carbocycles. The molecule has 0 heterocycles. The summed E-state index contributed by atoms with van der Waals surface area (Å²) < 4.78 is 27.5. The summed E-state index contributed by atoms with van der Waals surface area (Å²) >= 11 is 1.58. The zero-order valence-electron chi connectivity index (χ0n) is 12.7. The lowest BCUT2D eigenvalue weighted by atomic mass is 10.1. The van der Waals surface area contributed by atoms with Gasteiger partial charge in [-0.3, -0.25) is 0 Å². The lowest BCUT2D eigenvalue weighted by Gasteiger charge is -2.09. The number of hydrogen-bond acceptors (Lipinski definition) is 3. The molecule has 0 atom stereocenters. The maximum Gasteiger partial charge on any atom is 0.240 e. The first-order valence-electron chi connectivity index (χ1n) is 7.20.